The van der Waals surface area contributed by atoms with Crippen LogP contribution in [-0.4, -0.2) is 38.5 Å². The number of hydrogen-bond donors (Lipinski definition) is 0. The van der Waals surface area contributed by atoms with Crippen LogP contribution in [0.4, 0.5) is 0 Å². The van der Waals surface area contributed by atoms with Gasteiger partial charge in [-0.05, 0) is 25.3 Å². The van der Waals surface area contributed by atoms with Gasteiger partial charge in [-0.1, -0.05) is 11.6 Å². The van der Waals surface area contributed by atoms with E-state index in [-0.39, 0.29) is 0 Å². The van der Waals surface area contributed by atoms with E-state index in [0.717, 1.165) is 35.7 Å². The number of aromatic nitrogens is 2. The molecule has 2 aromatic rings. The van der Waals surface area contributed by atoms with E-state index in [4.69, 9.17) is 11.6 Å². The van der Waals surface area contributed by atoms with Gasteiger partial charge in [-0.15, -0.1) is 11.3 Å². The molecular weight excluding hydrogens is 298 g/mol. The van der Waals surface area contributed by atoms with Crippen molar-refractivity contribution in [2.24, 2.45) is 0 Å². The predicted molar refractivity (Wildman–Crippen MR) is 84.2 cm³/mol. The highest BCUT2D eigenvalue weighted by Gasteiger charge is 2.27. The molecule has 0 aliphatic carbocycles. The lowest BCUT2D eigenvalue weighted by Gasteiger charge is -2.37. The monoisotopic (exact) mass is 313 g/mol. The van der Waals surface area contributed by atoms with Gasteiger partial charge in [0.1, 0.15) is 15.8 Å². The highest BCUT2D eigenvalue weighted by molar-refractivity contribution is 8.00. The summed E-state index contributed by atoms with van der Waals surface area (Å²) in [6.45, 7) is 7.54. The Bertz CT molecular complexity index is 597. The third-order valence-electron chi connectivity index (χ3n) is 3.19. The van der Waals surface area contributed by atoms with E-state index in [9.17, 15) is 0 Å². The normalized spacial score (nSPS) is 19.9. The summed E-state index contributed by atoms with van der Waals surface area (Å²) in [6.07, 6.45) is 0. The van der Waals surface area contributed by atoms with E-state index in [1.165, 1.54) is 5.75 Å². The zero-order valence-corrected chi connectivity index (χ0v) is 13.4. The molecule has 0 unspecified atom stereocenters. The Morgan fingerprint density at radius 1 is 1.42 bits per heavy atom. The summed E-state index contributed by atoms with van der Waals surface area (Å²) in [5.41, 5.74) is 0. The molecule has 2 aromatic heterocycles. The van der Waals surface area contributed by atoms with Gasteiger partial charge in [-0.2, -0.15) is 11.8 Å². The first-order valence-corrected chi connectivity index (χ1v) is 8.54. The molecule has 0 aromatic carbocycles. The fourth-order valence-electron chi connectivity index (χ4n) is 2.38. The van der Waals surface area contributed by atoms with Crippen molar-refractivity contribution < 1.29 is 0 Å². The SMILES string of the molecule is CC1(C)CN(Cc2nc(Cl)c3ccsc3n2)CCS1. The van der Waals surface area contributed by atoms with E-state index in [2.05, 4.69) is 28.7 Å². The first kappa shape index (κ1) is 13.6. The van der Waals surface area contributed by atoms with E-state index in [0.29, 0.717) is 9.90 Å². The van der Waals surface area contributed by atoms with Crippen LogP contribution in [0.1, 0.15) is 19.7 Å². The minimum Gasteiger partial charge on any atom is -0.294 e. The molecule has 19 heavy (non-hydrogen) atoms. The molecule has 3 heterocycles. The van der Waals surface area contributed by atoms with Gasteiger partial charge in [-0.25, -0.2) is 9.97 Å². The van der Waals surface area contributed by atoms with Crippen molar-refractivity contribution in [3.8, 4) is 0 Å². The lowest BCUT2D eigenvalue weighted by atomic mass is 10.2. The Balaban J connectivity index is 1.81. The standard InChI is InChI=1S/C13H16ClN3S2/c1-13(2)8-17(4-6-19-13)7-10-15-11(14)9-3-5-18-12(9)16-10/h3,5H,4,6-8H2,1-2H3. The number of rotatable bonds is 2. The van der Waals surface area contributed by atoms with Gasteiger partial charge in [0.25, 0.3) is 0 Å². The van der Waals surface area contributed by atoms with Crippen LogP contribution < -0.4 is 0 Å². The van der Waals surface area contributed by atoms with Crippen LogP contribution in [0.5, 0.6) is 0 Å². The minimum atomic E-state index is 0.315. The lowest BCUT2D eigenvalue weighted by Crippen LogP contribution is -2.42. The van der Waals surface area contributed by atoms with Crippen LogP contribution in [-0.2, 0) is 6.54 Å². The van der Waals surface area contributed by atoms with Crippen molar-refractivity contribution in [3.63, 3.8) is 0 Å². The fraction of sp³-hybridized carbons (Fsp3) is 0.538. The number of nitrogens with zero attached hydrogens (tertiary/aromatic N) is 3. The minimum absolute atomic E-state index is 0.315. The van der Waals surface area contributed by atoms with Crippen molar-refractivity contribution in [3.05, 3.63) is 22.4 Å². The maximum Gasteiger partial charge on any atom is 0.145 e. The summed E-state index contributed by atoms with van der Waals surface area (Å²) in [7, 11) is 0. The molecule has 1 aliphatic rings. The van der Waals surface area contributed by atoms with Crippen LogP contribution in [0.25, 0.3) is 10.2 Å². The van der Waals surface area contributed by atoms with Crippen molar-refractivity contribution in [1.82, 2.24) is 14.9 Å². The van der Waals surface area contributed by atoms with E-state index >= 15 is 0 Å². The number of fused-ring (bicyclic) bond motifs is 1. The van der Waals surface area contributed by atoms with Gasteiger partial charge in [0.05, 0.1) is 6.54 Å². The fourth-order valence-corrected chi connectivity index (χ4v) is 4.65. The summed E-state index contributed by atoms with van der Waals surface area (Å²) < 4.78 is 0.315. The Hall–Kier alpha value is -0.360. The highest BCUT2D eigenvalue weighted by atomic mass is 35.5. The number of halogens is 1. The third kappa shape index (κ3) is 3.05. The van der Waals surface area contributed by atoms with Crippen LogP contribution in [0, 0.1) is 0 Å². The molecule has 0 saturated carbocycles. The van der Waals surface area contributed by atoms with Crippen LogP contribution in [0.15, 0.2) is 11.4 Å². The Morgan fingerprint density at radius 2 is 2.26 bits per heavy atom. The maximum absolute atomic E-state index is 6.21. The average Bonchev–Trinajstić information content (AvgIpc) is 2.76. The molecule has 6 heteroatoms. The molecule has 0 spiro atoms. The van der Waals surface area contributed by atoms with Crippen molar-refractivity contribution >= 4 is 44.9 Å². The smallest absolute Gasteiger partial charge is 0.145 e. The largest absolute Gasteiger partial charge is 0.294 e. The topological polar surface area (TPSA) is 29.0 Å². The second kappa shape index (κ2) is 5.20. The summed E-state index contributed by atoms with van der Waals surface area (Å²) in [5.74, 6) is 2.00. The molecular formula is C13H16ClN3S2. The molecule has 1 aliphatic heterocycles. The number of thioether (sulfide) groups is 1. The molecule has 1 saturated heterocycles. The average molecular weight is 314 g/mol. The van der Waals surface area contributed by atoms with Crippen molar-refractivity contribution in [2.75, 3.05) is 18.8 Å². The van der Waals surface area contributed by atoms with Gasteiger partial charge in [0, 0.05) is 29.0 Å². The molecule has 1 fully saturated rings. The number of thiophene rings is 1. The summed E-state index contributed by atoms with van der Waals surface area (Å²) in [4.78, 5) is 12.4. The van der Waals surface area contributed by atoms with E-state index in [1.807, 2.05) is 23.2 Å². The second-order valence-corrected chi connectivity index (χ2v) is 8.44. The first-order valence-electron chi connectivity index (χ1n) is 6.29. The Morgan fingerprint density at radius 3 is 3.05 bits per heavy atom. The summed E-state index contributed by atoms with van der Waals surface area (Å²) in [5, 5.41) is 3.55. The highest BCUT2D eigenvalue weighted by Crippen LogP contribution is 2.30. The van der Waals surface area contributed by atoms with Gasteiger partial charge in [0.15, 0.2) is 0 Å². The van der Waals surface area contributed by atoms with E-state index < -0.39 is 0 Å². The second-order valence-electron chi connectivity index (χ2n) is 5.39. The van der Waals surface area contributed by atoms with Crippen LogP contribution in [0.2, 0.25) is 5.15 Å². The molecule has 0 amide bonds. The molecule has 0 N–H and O–H groups in total. The molecule has 0 radical (unpaired) electrons. The van der Waals surface area contributed by atoms with Gasteiger partial charge < -0.3 is 0 Å². The summed E-state index contributed by atoms with van der Waals surface area (Å²) >= 11 is 9.86. The Labute approximate surface area is 126 Å². The zero-order valence-electron chi connectivity index (χ0n) is 11.0. The van der Waals surface area contributed by atoms with Gasteiger partial charge in [0.2, 0.25) is 0 Å². The predicted octanol–water partition coefficient (Wildman–Crippen LogP) is 3.67. The van der Waals surface area contributed by atoms with Crippen LogP contribution in [0.3, 0.4) is 0 Å². The summed E-state index contributed by atoms with van der Waals surface area (Å²) in [6, 6.07) is 1.98. The number of hydrogen-bond acceptors (Lipinski definition) is 5. The molecule has 102 valence electrons. The van der Waals surface area contributed by atoms with Gasteiger partial charge in [-0.3, -0.25) is 4.90 Å². The molecule has 0 bridgehead atoms. The lowest BCUT2D eigenvalue weighted by molar-refractivity contribution is 0.247. The van der Waals surface area contributed by atoms with Crippen molar-refractivity contribution in [2.45, 2.75) is 25.1 Å². The molecule has 3 rings (SSSR count). The van der Waals surface area contributed by atoms with Crippen LogP contribution >= 0.6 is 34.7 Å². The first-order chi connectivity index (χ1) is 9.03. The quantitative estimate of drug-likeness (QED) is 0.791. The third-order valence-corrected chi connectivity index (χ3v) is 5.59. The Kier molecular flexibility index (Phi) is 3.73. The maximum atomic E-state index is 6.21. The molecule has 0 atom stereocenters. The van der Waals surface area contributed by atoms with Gasteiger partial charge >= 0.3 is 0 Å². The van der Waals surface area contributed by atoms with Crippen molar-refractivity contribution in [1.29, 1.82) is 0 Å². The van der Waals surface area contributed by atoms with E-state index in [1.54, 1.807) is 11.3 Å². The zero-order chi connectivity index (χ0) is 13.5. The molecule has 3 nitrogen and oxygen atoms in total.